The van der Waals surface area contributed by atoms with Crippen LogP contribution in [-0.2, 0) is 16.2 Å². The molecular weight excluding hydrogens is 1300 g/mol. The molecule has 0 bridgehead atoms. The molecule has 5 aliphatic rings. The first kappa shape index (κ1) is 64.2. The summed E-state index contributed by atoms with van der Waals surface area (Å²) in [7, 11) is 0. The summed E-state index contributed by atoms with van der Waals surface area (Å²) < 4.78 is 12.9. The number of fused-ring (bicyclic) bond motifs is 13. The normalized spacial score (nSPS) is 14.7. The van der Waals surface area contributed by atoms with Gasteiger partial charge in [-0.15, -0.1) is 0 Å². The van der Waals surface area contributed by atoms with Gasteiger partial charge in [0.15, 0.2) is 23.0 Å². The lowest BCUT2D eigenvalue weighted by Gasteiger charge is -2.43. The average molecular weight is 1380 g/mol. The monoisotopic (exact) mass is 1380 g/mol. The Morgan fingerprint density at radius 2 is 0.682 bits per heavy atom. The number of benzene rings is 16. The lowest BCUT2D eigenvalue weighted by Crippen LogP contribution is -2.31. The lowest BCUT2D eigenvalue weighted by atomic mass is 9.71. The molecule has 3 aliphatic heterocycles. The first-order valence-corrected chi connectivity index (χ1v) is 37.9. The van der Waals surface area contributed by atoms with Gasteiger partial charge in [-0.05, 0) is 238 Å². The van der Waals surface area contributed by atoms with E-state index in [1.807, 2.05) is 30.3 Å². The smallest absolute Gasteiger partial charge is 0.152 e. The molecule has 0 fully saturated rings. The molecule has 0 N–H and O–H groups in total. The highest BCUT2D eigenvalue weighted by molar-refractivity contribution is 6.29. The first-order valence-electron chi connectivity index (χ1n) is 37.9. The molecule has 16 aromatic rings. The van der Waals surface area contributed by atoms with Crippen molar-refractivity contribution < 1.29 is 9.47 Å². The van der Waals surface area contributed by atoms with E-state index < -0.39 is 0 Å². The second-order valence-corrected chi connectivity index (χ2v) is 32.0. The molecule has 2 aliphatic carbocycles. The third-order valence-corrected chi connectivity index (χ3v) is 24.1. The van der Waals surface area contributed by atoms with E-state index in [0.717, 1.165) is 68.5 Å². The maximum absolute atomic E-state index is 6.61. The van der Waals surface area contributed by atoms with Crippen molar-refractivity contribution in [2.24, 2.45) is 0 Å². The summed E-state index contributed by atoms with van der Waals surface area (Å²) in [5, 5.41) is 10.3. The van der Waals surface area contributed by atoms with E-state index in [1.165, 1.54) is 133 Å². The Kier molecular flexibility index (Phi) is 14.3. The zero-order valence-electron chi connectivity index (χ0n) is 62.1. The van der Waals surface area contributed by atoms with Gasteiger partial charge in [0.1, 0.15) is 0 Å². The number of ether oxygens (including phenoxy) is 2. The van der Waals surface area contributed by atoms with Crippen LogP contribution in [0, 0.1) is 0 Å². The topological polar surface area (TPSA) is 31.4 Å². The van der Waals surface area contributed by atoms with Crippen LogP contribution in [0.5, 0.6) is 23.0 Å². The van der Waals surface area contributed by atoms with E-state index in [1.54, 1.807) is 0 Å². The highest BCUT2D eigenvalue weighted by Gasteiger charge is 2.44. The summed E-state index contributed by atoms with van der Waals surface area (Å²) in [6, 6.07) is 111. The molecule has 107 heavy (non-hydrogen) atoms. The van der Waals surface area contributed by atoms with E-state index in [0.29, 0.717) is 11.8 Å². The quantitative estimate of drug-likeness (QED) is 0.141. The summed E-state index contributed by atoms with van der Waals surface area (Å²) in [4.78, 5) is 9.74. The SMILES string of the molecule is CC(C)c1cc(N(c2ccccc2)c2ccccc2)c2ccc3c(C(C)C)cc(N4c5ccccc5C(C)(C)c5cc6c(cc54)C(C)(C)c4ccccc4-6)c4ccc1c2c34.CC1(C)c2ccccc2-c2cc3c(cc21)N(c1ccc2cc(N4c5ccccc5Oc5ccccc54)ccc2c1)c1ccccc1O3. The molecule has 0 unspecified atom stereocenters. The van der Waals surface area contributed by atoms with Crippen molar-refractivity contribution in [2.75, 3.05) is 19.6 Å². The zero-order chi connectivity index (χ0) is 72.5. The minimum atomic E-state index is -0.205. The Balaban J connectivity index is 0.000000145. The van der Waals surface area contributed by atoms with Crippen LogP contribution < -0.4 is 29.1 Å². The molecule has 16 aromatic carbocycles. The summed E-state index contributed by atoms with van der Waals surface area (Å²) >= 11 is 0. The van der Waals surface area contributed by atoms with Crippen molar-refractivity contribution in [3.05, 3.63) is 348 Å². The molecule has 21 rings (SSSR count). The average Bonchev–Trinajstić information content (AvgIpc) is 1.11. The van der Waals surface area contributed by atoms with E-state index in [2.05, 4.69) is 362 Å². The van der Waals surface area contributed by atoms with E-state index >= 15 is 0 Å². The van der Waals surface area contributed by atoms with E-state index in [4.69, 9.17) is 9.47 Å². The predicted octanol–water partition coefficient (Wildman–Crippen LogP) is 29.0. The summed E-state index contributed by atoms with van der Waals surface area (Å²) in [6.07, 6.45) is 0. The van der Waals surface area contributed by atoms with Crippen molar-refractivity contribution in [3.63, 3.8) is 0 Å². The number of rotatable bonds is 8. The van der Waals surface area contributed by atoms with Gasteiger partial charge in [0.25, 0.3) is 0 Å². The van der Waals surface area contributed by atoms with Crippen molar-refractivity contribution in [1.29, 1.82) is 0 Å². The maximum Gasteiger partial charge on any atom is 0.152 e. The molecule has 518 valence electrons. The van der Waals surface area contributed by atoms with Crippen molar-refractivity contribution >= 4 is 111 Å². The van der Waals surface area contributed by atoms with Crippen LogP contribution in [0.15, 0.2) is 303 Å². The van der Waals surface area contributed by atoms with Crippen LogP contribution in [0.4, 0.5) is 68.2 Å². The van der Waals surface area contributed by atoms with Gasteiger partial charge < -0.3 is 29.1 Å². The highest BCUT2D eigenvalue weighted by atomic mass is 16.5. The molecule has 6 heteroatoms. The van der Waals surface area contributed by atoms with Gasteiger partial charge in [0.2, 0.25) is 0 Å². The van der Waals surface area contributed by atoms with E-state index in [-0.39, 0.29) is 16.2 Å². The number of hydrogen-bond donors (Lipinski definition) is 0. The van der Waals surface area contributed by atoms with E-state index in [9.17, 15) is 0 Å². The fourth-order valence-corrected chi connectivity index (χ4v) is 18.8. The van der Waals surface area contributed by atoms with Gasteiger partial charge in [-0.2, -0.15) is 0 Å². The predicted molar refractivity (Wildman–Crippen MR) is 448 cm³/mol. The first-order chi connectivity index (χ1) is 52.0. The maximum atomic E-state index is 6.61. The van der Waals surface area contributed by atoms with Gasteiger partial charge in [-0.1, -0.05) is 245 Å². The fraction of sp³-hybridized carbons (Fsp3) is 0.149. The third-order valence-electron chi connectivity index (χ3n) is 24.1. The Hall–Kier alpha value is -12.4. The highest BCUT2D eigenvalue weighted by Crippen LogP contribution is 2.62. The van der Waals surface area contributed by atoms with Gasteiger partial charge in [0, 0.05) is 49.8 Å². The fourth-order valence-electron chi connectivity index (χ4n) is 18.8. The van der Waals surface area contributed by atoms with Crippen LogP contribution in [0.3, 0.4) is 0 Å². The Bertz CT molecular complexity index is 6260. The van der Waals surface area contributed by atoms with Gasteiger partial charge >= 0.3 is 0 Å². The lowest BCUT2D eigenvalue weighted by molar-refractivity contribution is 0.476. The molecular formula is C101H82N4O2. The largest absolute Gasteiger partial charge is 0.453 e. The van der Waals surface area contributed by atoms with Crippen LogP contribution in [0.1, 0.15) is 126 Å². The van der Waals surface area contributed by atoms with Crippen LogP contribution >= 0.6 is 0 Å². The molecule has 0 radical (unpaired) electrons. The molecule has 6 nitrogen and oxygen atoms in total. The van der Waals surface area contributed by atoms with Gasteiger partial charge in [-0.3, -0.25) is 0 Å². The summed E-state index contributed by atoms with van der Waals surface area (Å²) in [5.74, 6) is 4.06. The summed E-state index contributed by atoms with van der Waals surface area (Å²) in [5.41, 5.74) is 29.4. The standard InChI is InChI=1S/C58H52N2.C43H30N2O2/c1-35(2)44-32-52(59(37-19-11-9-12-20-37)38-21-13-10-14-22-38)42-29-27-41-45(36(3)4)33-53(43-30-28-40(44)55(42)56(41)43)60-51-26-18-17-25-48(51)58(7,8)50-31-46-39-23-15-16-24-47(39)57(5,6)49(46)34-54(50)60;1-43(2)33-12-4-3-11-31(33)32-25-42-38(26-34(32)43)45(37-15-7-10-18-41(37)47-42)30-22-20-27-23-29(21-19-28(27)24-30)44-35-13-5-8-16-39(35)46-40-17-9-6-14-36(40)44/h9-36H,1-8H3;3-26H,1-2H3. The molecule has 0 spiro atoms. The second kappa shape index (κ2) is 23.8. The van der Waals surface area contributed by atoms with Crippen LogP contribution in [0.25, 0.3) is 65.3 Å². The molecule has 0 saturated carbocycles. The van der Waals surface area contributed by atoms with Crippen LogP contribution in [0.2, 0.25) is 0 Å². The minimum absolute atomic E-state index is 0.111. The number of anilines is 12. The third kappa shape index (κ3) is 9.63. The Morgan fingerprint density at radius 1 is 0.271 bits per heavy atom. The van der Waals surface area contributed by atoms with Crippen molar-refractivity contribution in [3.8, 4) is 45.3 Å². The van der Waals surface area contributed by atoms with Crippen molar-refractivity contribution in [1.82, 2.24) is 0 Å². The number of para-hydroxylation sites is 9. The minimum Gasteiger partial charge on any atom is -0.453 e. The number of hydrogen-bond acceptors (Lipinski definition) is 6. The van der Waals surface area contributed by atoms with Gasteiger partial charge in [0.05, 0.1) is 45.5 Å². The molecule has 0 aromatic heterocycles. The van der Waals surface area contributed by atoms with Crippen LogP contribution in [-0.4, -0.2) is 0 Å². The molecule has 0 atom stereocenters. The Morgan fingerprint density at radius 3 is 1.22 bits per heavy atom. The van der Waals surface area contributed by atoms with Crippen molar-refractivity contribution in [2.45, 2.75) is 97.3 Å². The summed E-state index contributed by atoms with van der Waals surface area (Å²) in [6.45, 7) is 23.7. The second-order valence-electron chi connectivity index (χ2n) is 32.0. The number of nitrogens with zero attached hydrogens (tertiary/aromatic N) is 4. The molecule has 3 heterocycles. The molecule has 0 amide bonds. The van der Waals surface area contributed by atoms with Gasteiger partial charge in [-0.25, -0.2) is 0 Å². The zero-order valence-corrected chi connectivity index (χ0v) is 62.1. The molecule has 0 saturated heterocycles. The Labute approximate surface area is 626 Å².